The van der Waals surface area contributed by atoms with E-state index in [4.69, 9.17) is 0 Å². The first-order valence-electron chi connectivity index (χ1n) is 6.04. The van der Waals surface area contributed by atoms with Gasteiger partial charge in [-0.2, -0.15) is 5.10 Å². The minimum Gasteiger partial charge on any atom is -0.306 e. The third-order valence-corrected chi connectivity index (χ3v) is 3.78. The van der Waals surface area contributed by atoms with Gasteiger partial charge in [0.1, 0.15) is 0 Å². The zero-order valence-corrected chi connectivity index (χ0v) is 12.5. The molecule has 0 saturated heterocycles. The van der Waals surface area contributed by atoms with Gasteiger partial charge in [0, 0.05) is 35.4 Å². The SMILES string of the molecule is Cc1c(CN[C@H](C)c2cccc(Br)c2)cnn1C. The Morgan fingerprint density at radius 2 is 2.22 bits per heavy atom. The van der Waals surface area contributed by atoms with E-state index in [1.807, 2.05) is 24.0 Å². The number of hydrogen-bond donors (Lipinski definition) is 1. The van der Waals surface area contributed by atoms with Crippen LogP contribution >= 0.6 is 15.9 Å². The lowest BCUT2D eigenvalue weighted by atomic mass is 10.1. The molecule has 3 nitrogen and oxygen atoms in total. The van der Waals surface area contributed by atoms with Gasteiger partial charge in [0.05, 0.1) is 6.20 Å². The number of aryl methyl sites for hydroxylation is 1. The number of rotatable bonds is 4. The van der Waals surface area contributed by atoms with Crippen molar-refractivity contribution in [3.05, 3.63) is 51.8 Å². The van der Waals surface area contributed by atoms with Gasteiger partial charge in [-0.25, -0.2) is 0 Å². The van der Waals surface area contributed by atoms with E-state index in [1.54, 1.807) is 0 Å². The van der Waals surface area contributed by atoms with Gasteiger partial charge >= 0.3 is 0 Å². The van der Waals surface area contributed by atoms with Crippen LogP contribution in [0.1, 0.15) is 29.8 Å². The van der Waals surface area contributed by atoms with Crippen LogP contribution in [0, 0.1) is 6.92 Å². The molecule has 2 rings (SSSR count). The van der Waals surface area contributed by atoms with Gasteiger partial charge in [0.25, 0.3) is 0 Å². The lowest BCUT2D eigenvalue weighted by Crippen LogP contribution is -2.18. The van der Waals surface area contributed by atoms with E-state index in [-0.39, 0.29) is 0 Å². The first kappa shape index (κ1) is 13.3. The number of hydrogen-bond acceptors (Lipinski definition) is 2. The van der Waals surface area contributed by atoms with Crippen LogP contribution in [0.2, 0.25) is 0 Å². The monoisotopic (exact) mass is 307 g/mol. The summed E-state index contributed by atoms with van der Waals surface area (Å²) in [6, 6.07) is 8.71. The fourth-order valence-electron chi connectivity index (χ4n) is 1.87. The van der Waals surface area contributed by atoms with Crippen LogP contribution in [-0.2, 0) is 13.6 Å². The summed E-state index contributed by atoms with van der Waals surface area (Å²) in [5.74, 6) is 0. The first-order chi connectivity index (χ1) is 8.58. The third-order valence-electron chi connectivity index (χ3n) is 3.28. The van der Waals surface area contributed by atoms with Crippen LogP contribution in [0.4, 0.5) is 0 Å². The summed E-state index contributed by atoms with van der Waals surface area (Å²) in [5, 5.41) is 7.77. The summed E-state index contributed by atoms with van der Waals surface area (Å²) in [6.07, 6.45) is 1.93. The van der Waals surface area contributed by atoms with Crippen molar-refractivity contribution in [1.29, 1.82) is 0 Å². The van der Waals surface area contributed by atoms with E-state index in [9.17, 15) is 0 Å². The summed E-state index contributed by atoms with van der Waals surface area (Å²) in [6.45, 7) is 5.11. The molecule has 2 aromatic rings. The molecule has 0 unspecified atom stereocenters. The van der Waals surface area contributed by atoms with E-state index in [0.29, 0.717) is 6.04 Å². The van der Waals surface area contributed by atoms with Crippen molar-refractivity contribution in [2.24, 2.45) is 7.05 Å². The Morgan fingerprint density at radius 3 is 2.83 bits per heavy atom. The third kappa shape index (κ3) is 3.00. The zero-order chi connectivity index (χ0) is 13.1. The molecule has 4 heteroatoms. The molecule has 1 atom stereocenters. The molecule has 0 bridgehead atoms. The van der Waals surface area contributed by atoms with E-state index in [0.717, 1.165) is 11.0 Å². The molecule has 0 fully saturated rings. The molecule has 0 aliphatic rings. The minimum atomic E-state index is 0.321. The summed E-state index contributed by atoms with van der Waals surface area (Å²) >= 11 is 3.50. The predicted molar refractivity (Wildman–Crippen MR) is 77.3 cm³/mol. The van der Waals surface area contributed by atoms with Crippen LogP contribution in [0.15, 0.2) is 34.9 Å². The molecule has 0 spiro atoms. The number of halogens is 1. The summed E-state index contributed by atoms with van der Waals surface area (Å²) < 4.78 is 3.02. The number of aromatic nitrogens is 2. The second-order valence-corrected chi connectivity index (χ2v) is 5.45. The van der Waals surface area contributed by atoms with Crippen LogP contribution in [0.3, 0.4) is 0 Å². The molecule has 1 N–H and O–H groups in total. The molecule has 18 heavy (non-hydrogen) atoms. The minimum absolute atomic E-state index is 0.321. The van der Waals surface area contributed by atoms with Gasteiger partial charge in [-0.3, -0.25) is 4.68 Å². The largest absolute Gasteiger partial charge is 0.306 e. The Labute approximate surface area is 116 Å². The van der Waals surface area contributed by atoms with Gasteiger partial charge in [0.2, 0.25) is 0 Å². The van der Waals surface area contributed by atoms with Crippen LogP contribution in [0.5, 0.6) is 0 Å². The highest BCUT2D eigenvalue weighted by Crippen LogP contribution is 2.18. The summed E-state index contributed by atoms with van der Waals surface area (Å²) in [7, 11) is 1.97. The Bertz CT molecular complexity index is 534. The maximum Gasteiger partial charge on any atom is 0.0537 e. The van der Waals surface area contributed by atoms with Crippen LogP contribution in [0.25, 0.3) is 0 Å². The molecule has 1 aromatic carbocycles. The van der Waals surface area contributed by atoms with Crippen LogP contribution < -0.4 is 5.32 Å². The number of benzene rings is 1. The van der Waals surface area contributed by atoms with Crippen molar-refractivity contribution in [3.63, 3.8) is 0 Å². The van der Waals surface area contributed by atoms with Crippen molar-refractivity contribution >= 4 is 15.9 Å². The molecular weight excluding hydrogens is 290 g/mol. The van der Waals surface area contributed by atoms with E-state index < -0.39 is 0 Å². The van der Waals surface area contributed by atoms with Gasteiger partial charge in [-0.15, -0.1) is 0 Å². The lowest BCUT2D eigenvalue weighted by Gasteiger charge is -2.14. The molecular formula is C14H18BrN3. The predicted octanol–water partition coefficient (Wildman–Crippen LogP) is 3.34. The normalized spacial score (nSPS) is 12.7. The van der Waals surface area contributed by atoms with Gasteiger partial charge in [0.15, 0.2) is 0 Å². The summed E-state index contributed by atoms with van der Waals surface area (Å²) in [4.78, 5) is 0. The highest BCUT2D eigenvalue weighted by Gasteiger charge is 2.08. The molecule has 1 aromatic heterocycles. The highest BCUT2D eigenvalue weighted by molar-refractivity contribution is 9.10. The zero-order valence-electron chi connectivity index (χ0n) is 10.9. The Morgan fingerprint density at radius 1 is 1.44 bits per heavy atom. The lowest BCUT2D eigenvalue weighted by molar-refractivity contribution is 0.572. The summed E-state index contributed by atoms with van der Waals surface area (Å²) in [5.41, 5.74) is 3.74. The van der Waals surface area contributed by atoms with Crippen LogP contribution in [-0.4, -0.2) is 9.78 Å². The second-order valence-electron chi connectivity index (χ2n) is 4.54. The van der Waals surface area contributed by atoms with E-state index >= 15 is 0 Å². The van der Waals surface area contributed by atoms with Crippen molar-refractivity contribution in [3.8, 4) is 0 Å². The van der Waals surface area contributed by atoms with Gasteiger partial charge < -0.3 is 5.32 Å². The Hall–Kier alpha value is -1.13. The number of nitrogens with one attached hydrogen (secondary N) is 1. The fourth-order valence-corrected chi connectivity index (χ4v) is 2.29. The standard InChI is InChI=1S/C14H18BrN3/c1-10(12-5-4-6-14(15)7-12)16-8-13-9-17-18(3)11(13)2/h4-7,9-10,16H,8H2,1-3H3/t10-/m1/s1. The number of nitrogens with zero attached hydrogens (tertiary/aromatic N) is 2. The molecule has 0 radical (unpaired) electrons. The average Bonchev–Trinajstić information content (AvgIpc) is 2.67. The Kier molecular flexibility index (Phi) is 4.19. The van der Waals surface area contributed by atoms with E-state index in [2.05, 4.69) is 58.4 Å². The molecule has 1 heterocycles. The topological polar surface area (TPSA) is 29.9 Å². The quantitative estimate of drug-likeness (QED) is 0.939. The molecule has 0 amide bonds. The van der Waals surface area contributed by atoms with Crippen molar-refractivity contribution < 1.29 is 0 Å². The second kappa shape index (κ2) is 5.67. The maximum absolute atomic E-state index is 4.25. The van der Waals surface area contributed by atoms with Crippen molar-refractivity contribution in [2.75, 3.05) is 0 Å². The van der Waals surface area contributed by atoms with Gasteiger partial charge in [-0.1, -0.05) is 28.1 Å². The van der Waals surface area contributed by atoms with Gasteiger partial charge in [-0.05, 0) is 31.5 Å². The molecule has 0 saturated carbocycles. The van der Waals surface area contributed by atoms with E-state index in [1.165, 1.54) is 16.8 Å². The van der Waals surface area contributed by atoms with Crippen molar-refractivity contribution in [1.82, 2.24) is 15.1 Å². The molecule has 0 aliphatic carbocycles. The maximum atomic E-state index is 4.25. The molecule has 0 aliphatic heterocycles. The molecule has 96 valence electrons. The van der Waals surface area contributed by atoms with Crippen molar-refractivity contribution in [2.45, 2.75) is 26.4 Å². The fraction of sp³-hybridized carbons (Fsp3) is 0.357. The highest BCUT2D eigenvalue weighted by atomic mass is 79.9. The Balaban J connectivity index is 2.00. The first-order valence-corrected chi connectivity index (χ1v) is 6.83. The average molecular weight is 308 g/mol. The smallest absolute Gasteiger partial charge is 0.0537 e.